The van der Waals surface area contributed by atoms with E-state index in [4.69, 9.17) is 4.42 Å². The number of aromatic nitrogens is 1. The van der Waals surface area contributed by atoms with E-state index in [1.54, 1.807) is 18.2 Å². The fraction of sp³-hybridized carbons (Fsp3) is 0.300. The van der Waals surface area contributed by atoms with E-state index in [-0.39, 0.29) is 12.5 Å². The van der Waals surface area contributed by atoms with Gasteiger partial charge >= 0.3 is 5.76 Å². The Labute approximate surface area is 146 Å². The number of unbranched alkanes of at least 4 members (excludes halogenated alkanes) is 1. The Hall–Kier alpha value is -2.82. The molecule has 0 atom stereocenters. The van der Waals surface area contributed by atoms with Crippen molar-refractivity contribution in [2.24, 2.45) is 0 Å². The van der Waals surface area contributed by atoms with Crippen LogP contribution in [-0.4, -0.2) is 21.9 Å². The van der Waals surface area contributed by atoms with Crippen LogP contribution in [-0.2, 0) is 17.9 Å². The zero-order chi connectivity index (χ0) is 17.6. The molecule has 5 nitrogen and oxygen atoms in total. The molecule has 0 aliphatic heterocycles. The molecular weight excluding hydrogens is 316 g/mol. The molecular formula is C20H22N2O3. The second-order valence-corrected chi connectivity index (χ2v) is 6.08. The number of hydrogen-bond donors (Lipinski definition) is 0. The van der Waals surface area contributed by atoms with Crippen LogP contribution in [0, 0.1) is 0 Å². The number of benzene rings is 2. The van der Waals surface area contributed by atoms with Crippen LogP contribution in [0.4, 0.5) is 0 Å². The van der Waals surface area contributed by atoms with E-state index < -0.39 is 5.76 Å². The Morgan fingerprint density at radius 3 is 2.56 bits per heavy atom. The molecule has 1 aromatic heterocycles. The van der Waals surface area contributed by atoms with Gasteiger partial charge in [0.1, 0.15) is 6.54 Å². The number of amides is 1. The van der Waals surface area contributed by atoms with Gasteiger partial charge in [-0.05, 0) is 24.1 Å². The van der Waals surface area contributed by atoms with E-state index in [1.165, 1.54) is 4.57 Å². The average Bonchev–Trinajstić information content (AvgIpc) is 2.95. The highest BCUT2D eigenvalue weighted by Gasteiger charge is 2.18. The predicted molar refractivity (Wildman–Crippen MR) is 97.2 cm³/mol. The standard InChI is InChI=1S/C20H22N2O3/c1-2-3-13-21(14-16-9-5-4-6-10-16)19(23)15-22-17-11-7-8-12-18(17)25-20(22)24/h4-12H,2-3,13-15H2,1H3. The summed E-state index contributed by atoms with van der Waals surface area (Å²) in [6.45, 7) is 3.31. The minimum Gasteiger partial charge on any atom is -0.408 e. The molecule has 1 heterocycles. The van der Waals surface area contributed by atoms with Crippen molar-refractivity contribution in [2.45, 2.75) is 32.9 Å². The van der Waals surface area contributed by atoms with Crippen molar-refractivity contribution in [1.82, 2.24) is 9.47 Å². The summed E-state index contributed by atoms with van der Waals surface area (Å²) in [5.41, 5.74) is 2.23. The lowest BCUT2D eigenvalue weighted by molar-refractivity contribution is -0.132. The minimum atomic E-state index is -0.496. The molecule has 0 aliphatic rings. The fourth-order valence-corrected chi connectivity index (χ4v) is 2.84. The zero-order valence-electron chi connectivity index (χ0n) is 14.4. The van der Waals surface area contributed by atoms with Crippen LogP contribution in [0.15, 0.2) is 63.8 Å². The van der Waals surface area contributed by atoms with Gasteiger partial charge in [0.25, 0.3) is 0 Å². The van der Waals surface area contributed by atoms with Crippen LogP contribution < -0.4 is 5.76 Å². The molecule has 2 aromatic carbocycles. The number of rotatable bonds is 7. The highest BCUT2D eigenvalue weighted by molar-refractivity contribution is 5.79. The summed E-state index contributed by atoms with van der Waals surface area (Å²) >= 11 is 0. The highest BCUT2D eigenvalue weighted by atomic mass is 16.4. The maximum absolute atomic E-state index is 12.8. The lowest BCUT2D eigenvalue weighted by atomic mass is 10.2. The van der Waals surface area contributed by atoms with E-state index in [1.807, 2.05) is 41.3 Å². The lowest BCUT2D eigenvalue weighted by Crippen LogP contribution is -2.36. The van der Waals surface area contributed by atoms with Gasteiger partial charge in [0.15, 0.2) is 5.58 Å². The van der Waals surface area contributed by atoms with Crippen LogP contribution in [0.2, 0.25) is 0 Å². The van der Waals surface area contributed by atoms with Gasteiger partial charge in [-0.25, -0.2) is 4.79 Å². The fourth-order valence-electron chi connectivity index (χ4n) is 2.84. The smallest absolute Gasteiger partial charge is 0.408 e. The maximum Gasteiger partial charge on any atom is 0.420 e. The monoisotopic (exact) mass is 338 g/mol. The van der Waals surface area contributed by atoms with Gasteiger partial charge in [-0.1, -0.05) is 55.8 Å². The number of hydrogen-bond acceptors (Lipinski definition) is 3. The maximum atomic E-state index is 12.8. The van der Waals surface area contributed by atoms with E-state index in [0.29, 0.717) is 24.2 Å². The van der Waals surface area contributed by atoms with Gasteiger partial charge in [-0.2, -0.15) is 0 Å². The summed E-state index contributed by atoms with van der Waals surface area (Å²) in [6, 6.07) is 17.1. The van der Waals surface area contributed by atoms with E-state index in [0.717, 1.165) is 18.4 Å². The molecule has 0 unspecified atom stereocenters. The van der Waals surface area contributed by atoms with Gasteiger partial charge in [0.2, 0.25) is 5.91 Å². The average molecular weight is 338 g/mol. The molecule has 0 spiro atoms. The van der Waals surface area contributed by atoms with Gasteiger partial charge in [-0.15, -0.1) is 0 Å². The first-order valence-corrected chi connectivity index (χ1v) is 8.59. The van der Waals surface area contributed by atoms with Gasteiger partial charge < -0.3 is 9.32 Å². The third-order valence-corrected chi connectivity index (χ3v) is 4.22. The third kappa shape index (κ3) is 3.99. The molecule has 0 fully saturated rings. The molecule has 0 N–H and O–H groups in total. The Kier molecular flexibility index (Phi) is 5.33. The number of oxazole rings is 1. The largest absolute Gasteiger partial charge is 0.420 e. The molecule has 3 aromatic rings. The minimum absolute atomic E-state index is 0.00755. The van der Waals surface area contributed by atoms with Crippen molar-refractivity contribution in [2.75, 3.05) is 6.54 Å². The zero-order valence-corrected chi connectivity index (χ0v) is 14.4. The first-order chi connectivity index (χ1) is 12.2. The molecule has 3 rings (SSSR count). The highest BCUT2D eigenvalue weighted by Crippen LogP contribution is 2.13. The molecule has 0 saturated carbocycles. The van der Waals surface area contributed by atoms with Gasteiger partial charge in [-0.3, -0.25) is 9.36 Å². The van der Waals surface area contributed by atoms with Crippen molar-refractivity contribution in [3.8, 4) is 0 Å². The third-order valence-electron chi connectivity index (χ3n) is 4.22. The first kappa shape index (κ1) is 17.0. The Bertz CT molecular complexity index is 896. The van der Waals surface area contributed by atoms with Crippen LogP contribution in [0.25, 0.3) is 11.1 Å². The number of para-hydroxylation sites is 2. The van der Waals surface area contributed by atoms with Gasteiger partial charge in [0.05, 0.1) is 5.52 Å². The molecule has 0 radical (unpaired) electrons. The van der Waals surface area contributed by atoms with E-state index in [2.05, 4.69) is 6.92 Å². The topological polar surface area (TPSA) is 55.5 Å². The van der Waals surface area contributed by atoms with E-state index in [9.17, 15) is 9.59 Å². The molecule has 0 saturated heterocycles. The van der Waals surface area contributed by atoms with Crippen molar-refractivity contribution in [1.29, 1.82) is 0 Å². The van der Waals surface area contributed by atoms with Gasteiger partial charge in [0, 0.05) is 13.1 Å². The molecule has 0 bridgehead atoms. The summed E-state index contributed by atoms with van der Waals surface area (Å²) in [5, 5.41) is 0. The molecule has 0 aliphatic carbocycles. The summed E-state index contributed by atoms with van der Waals surface area (Å²) in [5.74, 6) is -0.573. The Morgan fingerprint density at radius 1 is 1.08 bits per heavy atom. The molecule has 130 valence electrons. The lowest BCUT2D eigenvalue weighted by Gasteiger charge is -2.23. The first-order valence-electron chi connectivity index (χ1n) is 8.59. The number of carbonyl (C=O) groups excluding carboxylic acids is 1. The number of fused-ring (bicyclic) bond motifs is 1. The Balaban J connectivity index is 1.81. The summed E-state index contributed by atoms with van der Waals surface area (Å²) in [6.07, 6.45) is 1.94. The summed E-state index contributed by atoms with van der Waals surface area (Å²) in [4.78, 5) is 26.7. The summed E-state index contributed by atoms with van der Waals surface area (Å²) in [7, 11) is 0. The number of nitrogens with zero attached hydrogens (tertiary/aromatic N) is 2. The van der Waals surface area contributed by atoms with Crippen LogP contribution in [0.1, 0.15) is 25.3 Å². The second kappa shape index (κ2) is 7.83. The second-order valence-electron chi connectivity index (χ2n) is 6.08. The van der Waals surface area contributed by atoms with Crippen LogP contribution in [0.3, 0.4) is 0 Å². The predicted octanol–water partition coefficient (Wildman–Crippen LogP) is 3.42. The quantitative estimate of drug-likeness (QED) is 0.663. The SMILES string of the molecule is CCCCN(Cc1ccccc1)C(=O)Cn1c(=O)oc2ccccc21. The van der Waals surface area contributed by atoms with E-state index >= 15 is 0 Å². The molecule has 1 amide bonds. The van der Waals surface area contributed by atoms with Crippen molar-refractivity contribution in [3.05, 3.63) is 70.7 Å². The van der Waals surface area contributed by atoms with Crippen LogP contribution >= 0.6 is 0 Å². The molecule has 5 heteroatoms. The molecule has 25 heavy (non-hydrogen) atoms. The van der Waals surface area contributed by atoms with Crippen molar-refractivity contribution < 1.29 is 9.21 Å². The van der Waals surface area contributed by atoms with Crippen molar-refractivity contribution >= 4 is 17.0 Å². The van der Waals surface area contributed by atoms with Crippen molar-refractivity contribution in [3.63, 3.8) is 0 Å². The number of carbonyl (C=O) groups is 1. The Morgan fingerprint density at radius 2 is 1.80 bits per heavy atom. The normalized spacial score (nSPS) is 10.9. The van der Waals surface area contributed by atoms with Crippen LogP contribution in [0.5, 0.6) is 0 Å². The summed E-state index contributed by atoms with van der Waals surface area (Å²) < 4.78 is 6.62.